The van der Waals surface area contributed by atoms with E-state index in [1.807, 2.05) is 6.07 Å². The average Bonchev–Trinajstić information content (AvgIpc) is 2.55. The van der Waals surface area contributed by atoms with Crippen LogP contribution in [0, 0.1) is 11.3 Å². The molecule has 0 aromatic heterocycles. The van der Waals surface area contributed by atoms with Crippen LogP contribution in [0.4, 0.5) is 0 Å². The van der Waals surface area contributed by atoms with E-state index in [2.05, 4.69) is 50.9 Å². The van der Waals surface area contributed by atoms with Gasteiger partial charge in [0.25, 0.3) is 0 Å². The summed E-state index contributed by atoms with van der Waals surface area (Å²) in [5, 5.41) is 0. The molecule has 0 heterocycles. The van der Waals surface area contributed by atoms with Gasteiger partial charge in [0.15, 0.2) is 0 Å². The third kappa shape index (κ3) is 5.78. The molecule has 1 saturated carbocycles. The largest absolute Gasteiger partial charge is 0.491 e. The summed E-state index contributed by atoms with van der Waals surface area (Å²) in [4.78, 5) is 2.52. The first-order valence-corrected chi connectivity index (χ1v) is 9.31. The molecule has 0 radical (unpaired) electrons. The molecule has 0 spiro atoms. The van der Waals surface area contributed by atoms with Crippen LogP contribution in [-0.2, 0) is 11.3 Å². The van der Waals surface area contributed by atoms with Crippen molar-refractivity contribution in [2.45, 2.75) is 59.0 Å². The van der Waals surface area contributed by atoms with Crippen molar-refractivity contribution in [3.63, 3.8) is 0 Å². The van der Waals surface area contributed by atoms with Crippen molar-refractivity contribution in [2.24, 2.45) is 11.3 Å². The third-order valence-corrected chi connectivity index (χ3v) is 5.43. The molecular weight excluding hydrogens is 298 g/mol. The lowest BCUT2D eigenvalue weighted by molar-refractivity contribution is 0.107. The van der Waals surface area contributed by atoms with Crippen molar-refractivity contribution < 1.29 is 9.47 Å². The van der Waals surface area contributed by atoms with E-state index in [0.717, 1.165) is 18.2 Å². The molecule has 0 atom stereocenters. The highest BCUT2D eigenvalue weighted by Crippen LogP contribution is 2.39. The summed E-state index contributed by atoms with van der Waals surface area (Å²) in [6, 6.07) is 9.17. The van der Waals surface area contributed by atoms with Gasteiger partial charge in [0.1, 0.15) is 12.4 Å². The lowest BCUT2D eigenvalue weighted by atomic mass is 9.71. The zero-order chi connectivity index (χ0) is 17.6. The molecule has 0 unspecified atom stereocenters. The molecule has 136 valence electrons. The highest BCUT2D eigenvalue weighted by atomic mass is 16.5. The van der Waals surface area contributed by atoms with Crippen LogP contribution in [0.1, 0.15) is 52.0 Å². The van der Waals surface area contributed by atoms with Gasteiger partial charge in [-0.3, -0.25) is 4.90 Å². The summed E-state index contributed by atoms with van der Waals surface area (Å²) in [5.74, 6) is 1.81. The Kier molecular flexibility index (Phi) is 7.12. The average molecular weight is 334 g/mol. The van der Waals surface area contributed by atoms with Gasteiger partial charge in [-0.05, 0) is 61.8 Å². The Morgan fingerprint density at radius 2 is 1.79 bits per heavy atom. The number of hydrogen-bond donors (Lipinski definition) is 0. The molecule has 0 saturated heterocycles. The molecule has 0 aliphatic heterocycles. The van der Waals surface area contributed by atoms with E-state index in [-0.39, 0.29) is 0 Å². The smallest absolute Gasteiger partial charge is 0.119 e. The van der Waals surface area contributed by atoms with Crippen molar-refractivity contribution in [2.75, 3.05) is 27.4 Å². The fourth-order valence-corrected chi connectivity index (χ4v) is 3.78. The molecule has 0 amide bonds. The third-order valence-electron chi connectivity index (χ3n) is 5.43. The summed E-state index contributed by atoms with van der Waals surface area (Å²) in [7, 11) is 3.96. The van der Waals surface area contributed by atoms with Crippen LogP contribution < -0.4 is 4.74 Å². The van der Waals surface area contributed by atoms with Crippen molar-refractivity contribution in [1.29, 1.82) is 0 Å². The van der Waals surface area contributed by atoms with Crippen LogP contribution in [0.2, 0.25) is 0 Å². The van der Waals surface area contributed by atoms with E-state index in [1.54, 1.807) is 7.11 Å². The first-order chi connectivity index (χ1) is 11.4. The fraction of sp³-hybridized carbons (Fsp3) is 0.714. The van der Waals surface area contributed by atoms with E-state index in [1.165, 1.54) is 31.2 Å². The van der Waals surface area contributed by atoms with E-state index < -0.39 is 0 Å². The zero-order valence-corrected chi connectivity index (χ0v) is 16.2. The monoisotopic (exact) mass is 333 g/mol. The second-order valence-corrected chi connectivity index (χ2v) is 8.28. The van der Waals surface area contributed by atoms with E-state index in [4.69, 9.17) is 9.47 Å². The molecule has 0 bridgehead atoms. The van der Waals surface area contributed by atoms with Gasteiger partial charge in [-0.1, -0.05) is 32.9 Å². The summed E-state index contributed by atoms with van der Waals surface area (Å²) in [6.45, 7) is 9.38. The van der Waals surface area contributed by atoms with Crippen molar-refractivity contribution in [3.8, 4) is 5.75 Å². The van der Waals surface area contributed by atoms with Crippen LogP contribution >= 0.6 is 0 Å². The quantitative estimate of drug-likeness (QED) is 0.672. The molecule has 1 aliphatic rings. The summed E-state index contributed by atoms with van der Waals surface area (Å²) in [5.41, 5.74) is 1.78. The minimum Gasteiger partial charge on any atom is -0.491 e. The van der Waals surface area contributed by atoms with Crippen LogP contribution in [0.15, 0.2) is 24.3 Å². The molecule has 0 N–H and O–H groups in total. The summed E-state index contributed by atoms with van der Waals surface area (Å²) < 4.78 is 10.8. The Morgan fingerprint density at radius 1 is 1.08 bits per heavy atom. The Balaban J connectivity index is 1.84. The lowest BCUT2D eigenvalue weighted by Crippen LogP contribution is -2.37. The minimum absolute atomic E-state index is 0.456. The number of benzene rings is 1. The van der Waals surface area contributed by atoms with Gasteiger partial charge >= 0.3 is 0 Å². The molecule has 1 aromatic rings. The first kappa shape index (κ1) is 19.3. The van der Waals surface area contributed by atoms with Crippen LogP contribution in [0.25, 0.3) is 0 Å². The number of methoxy groups -OCH3 is 1. The van der Waals surface area contributed by atoms with Crippen molar-refractivity contribution >= 4 is 0 Å². The Bertz CT molecular complexity index is 487. The van der Waals surface area contributed by atoms with E-state index in [0.29, 0.717) is 24.7 Å². The van der Waals surface area contributed by atoms with Gasteiger partial charge in [0, 0.05) is 19.7 Å². The maximum Gasteiger partial charge on any atom is 0.119 e. The number of rotatable bonds is 7. The van der Waals surface area contributed by atoms with Crippen molar-refractivity contribution in [1.82, 2.24) is 4.90 Å². The maximum atomic E-state index is 5.72. The Morgan fingerprint density at radius 3 is 2.42 bits per heavy atom. The minimum atomic E-state index is 0.456. The number of ether oxygens (including phenoxy) is 2. The van der Waals surface area contributed by atoms with Gasteiger partial charge in [0.2, 0.25) is 0 Å². The van der Waals surface area contributed by atoms with Gasteiger partial charge < -0.3 is 9.47 Å². The highest BCUT2D eigenvalue weighted by molar-refractivity contribution is 5.28. The van der Waals surface area contributed by atoms with Crippen LogP contribution in [0.3, 0.4) is 0 Å². The molecule has 3 heteroatoms. The second-order valence-electron chi connectivity index (χ2n) is 8.28. The Hall–Kier alpha value is -1.06. The maximum absolute atomic E-state index is 5.72. The van der Waals surface area contributed by atoms with Crippen LogP contribution in [-0.4, -0.2) is 38.3 Å². The fourth-order valence-electron chi connectivity index (χ4n) is 3.78. The zero-order valence-electron chi connectivity index (χ0n) is 16.2. The van der Waals surface area contributed by atoms with Gasteiger partial charge in [-0.15, -0.1) is 0 Å². The standard InChI is InChI=1S/C21H35NO2/c1-21(2,3)18-9-11-19(12-10-18)22(4)16-17-7-6-8-20(15-17)24-14-13-23-5/h6-8,15,18-19H,9-14,16H2,1-5H3/t18-,19-. The van der Waals surface area contributed by atoms with Crippen molar-refractivity contribution in [3.05, 3.63) is 29.8 Å². The predicted octanol–water partition coefficient (Wildman–Crippen LogP) is 4.75. The number of nitrogens with zero attached hydrogens (tertiary/aromatic N) is 1. The lowest BCUT2D eigenvalue weighted by Gasteiger charge is -2.40. The molecule has 1 fully saturated rings. The molecular formula is C21H35NO2. The van der Waals surface area contributed by atoms with Gasteiger partial charge in [-0.25, -0.2) is 0 Å². The summed E-state index contributed by atoms with van der Waals surface area (Å²) in [6.07, 6.45) is 5.36. The molecule has 1 aromatic carbocycles. The molecule has 3 nitrogen and oxygen atoms in total. The SMILES string of the molecule is COCCOc1cccc(CN(C)[C@H]2CC[C@H](C(C)(C)C)CC2)c1. The Labute approximate surface area is 148 Å². The number of hydrogen-bond acceptors (Lipinski definition) is 3. The predicted molar refractivity (Wildman–Crippen MR) is 100 cm³/mol. The van der Waals surface area contributed by atoms with Gasteiger partial charge in [0.05, 0.1) is 6.61 Å². The molecule has 1 aliphatic carbocycles. The van der Waals surface area contributed by atoms with E-state index >= 15 is 0 Å². The van der Waals surface area contributed by atoms with Crippen LogP contribution in [0.5, 0.6) is 5.75 Å². The second kappa shape index (κ2) is 8.87. The normalized spacial score (nSPS) is 21.9. The molecule has 2 rings (SSSR count). The topological polar surface area (TPSA) is 21.7 Å². The molecule has 24 heavy (non-hydrogen) atoms. The van der Waals surface area contributed by atoms with E-state index in [9.17, 15) is 0 Å². The summed E-state index contributed by atoms with van der Waals surface area (Å²) >= 11 is 0. The first-order valence-electron chi connectivity index (χ1n) is 9.31. The van der Waals surface area contributed by atoms with Gasteiger partial charge in [-0.2, -0.15) is 0 Å². The highest BCUT2D eigenvalue weighted by Gasteiger charge is 2.30.